The number of nitrogens with one attached hydrogen (secondary N) is 1. The van der Waals surface area contributed by atoms with Crippen molar-refractivity contribution in [3.63, 3.8) is 0 Å². The lowest BCUT2D eigenvalue weighted by atomic mass is 10.1. The van der Waals surface area contributed by atoms with Gasteiger partial charge in [0.1, 0.15) is 5.82 Å². The average Bonchev–Trinajstić information content (AvgIpc) is 2.57. The van der Waals surface area contributed by atoms with Crippen molar-refractivity contribution >= 4 is 34.2 Å². The maximum absolute atomic E-state index is 13.4. The molecule has 0 atom stereocenters. The lowest BCUT2D eigenvalue weighted by Gasteiger charge is -2.15. The Hall–Kier alpha value is -1.83. The van der Waals surface area contributed by atoms with Crippen LogP contribution in [0.5, 0.6) is 11.5 Å². The van der Waals surface area contributed by atoms with E-state index >= 15 is 0 Å². The Bertz CT molecular complexity index is 765. The van der Waals surface area contributed by atoms with E-state index in [-0.39, 0.29) is 5.91 Å². The van der Waals surface area contributed by atoms with Crippen LogP contribution in [0.4, 0.5) is 10.1 Å². The van der Waals surface area contributed by atoms with Gasteiger partial charge in [0.15, 0.2) is 11.5 Å². The van der Waals surface area contributed by atoms with Crippen molar-refractivity contribution in [2.75, 3.05) is 18.5 Å². The minimum Gasteiger partial charge on any atom is -0.490 e. The minimum atomic E-state index is -0.395. The molecule has 0 saturated carbocycles. The van der Waals surface area contributed by atoms with Crippen molar-refractivity contribution in [2.45, 2.75) is 27.2 Å². The molecule has 6 heteroatoms. The van der Waals surface area contributed by atoms with Crippen molar-refractivity contribution in [3.05, 3.63) is 50.8 Å². The SMILES string of the molecule is CCCOc1c(I)cc(C(=O)Nc2cc(F)ccc2C)cc1OCC. The van der Waals surface area contributed by atoms with E-state index < -0.39 is 5.82 Å². The van der Waals surface area contributed by atoms with Gasteiger partial charge in [-0.25, -0.2) is 4.39 Å². The highest BCUT2D eigenvalue weighted by Crippen LogP contribution is 2.34. The first-order valence-electron chi connectivity index (χ1n) is 8.12. The highest BCUT2D eigenvalue weighted by Gasteiger charge is 2.17. The second-order valence-electron chi connectivity index (χ2n) is 5.48. The summed E-state index contributed by atoms with van der Waals surface area (Å²) in [5, 5.41) is 2.75. The number of rotatable bonds is 7. The van der Waals surface area contributed by atoms with E-state index in [1.807, 2.05) is 20.8 Å². The molecule has 2 rings (SSSR count). The van der Waals surface area contributed by atoms with Crippen LogP contribution in [-0.2, 0) is 0 Å². The summed E-state index contributed by atoms with van der Waals surface area (Å²) in [6.07, 6.45) is 0.878. The molecule has 134 valence electrons. The van der Waals surface area contributed by atoms with Gasteiger partial charge in [0.2, 0.25) is 0 Å². The number of carbonyl (C=O) groups excluding carboxylic acids is 1. The van der Waals surface area contributed by atoms with Crippen molar-refractivity contribution < 1.29 is 18.7 Å². The zero-order chi connectivity index (χ0) is 18.4. The second-order valence-corrected chi connectivity index (χ2v) is 6.64. The Labute approximate surface area is 160 Å². The number of carbonyl (C=O) groups is 1. The molecular weight excluding hydrogens is 436 g/mol. The van der Waals surface area contributed by atoms with Crippen LogP contribution >= 0.6 is 22.6 Å². The number of halogens is 2. The minimum absolute atomic E-state index is 0.324. The van der Waals surface area contributed by atoms with E-state index in [1.165, 1.54) is 12.1 Å². The Morgan fingerprint density at radius 3 is 2.64 bits per heavy atom. The molecule has 0 aliphatic rings. The molecule has 0 spiro atoms. The molecule has 0 bridgehead atoms. The van der Waals surface area contributed by atoms with E-state index in [9.17, 15) is 9.18 Å². The molecule has 25 heavy (non-hydrogen) atoms. The monoisotopic (exact) mass is 457 g/mol. The molecule has 2 aromatic carbocycles. The van der Waals surface area contributed by atoms with Crippen LogP contribution < -0.4 is 14.8 Å². The quantitative estimate of drug-likeness (QED) is 0.584. The number of aryl methyl sites for hydroxylation is 1. The average molecular weight is 457 g/mol. The van der Waals surface area contributed by atoms with Gasteiger partial charge in [0.05, 0.1) is 16.8 Å². The van der Waals surface area contributed by atoms with E-state index in [1.54, 1.807) is 18.2 Å². The molecule has 0 radical (unpaired) electrons. The zero-order valence-electron chi connectivity index (χ0n) is 14.5. The fourth-order valence-corrected chi connectivity index (χ4v) is 2.99. The first-order chi connectivity index (χ1) is 12.0. The van der Waals surface area contributed by atoms with Crippen molar-refractivity contribution in [1.82, 2.24) is 0 Å². The number of anilines is 1. The van der Waals surface area contributed by atoms with Crippen LogP contribution in [0.2, 0.25) is 0 Å². The number of ether oxygens (including phenoxy) is 2. The molecule has 0 aliphatic carbocycles. The van der Waals surface area contributed by atoms with Crippen molar-refractivity contribution in [3.8, 4) is 11.5 Å². The fraction of sp³-hybridized carbons (Fsp3) is 0.316. The highest BCUT2D eigenvalue weighted by molar-refractivity contribution is 14.1. The molecule has 1 N–H and O–H groups in total. The van der Waals surface area contributed by atoms with Gasteiger partial charge in [-0.3, -0.25) is 4.79 Å². The van der Waals surface area contributed by atoms with Crippen LogP contribution in [0.3, 0.4) is 0 Å². The summed E-state index contributed by atoms with van der Waals surface area (Å²) in [5.41, 5.74) is 1.67. The summed E-state index contributed by atoms with van der Waals surface area (Å²) >= 11 is 2.12. The second kappa shape index (κ2) is 9.03. The van der Waals surface area contributed by atoms with E-state index in [4.69, 9.17) is 9.47 Å². The van der Waals surface area contributed by atoms with Gasteiger partial charge >= 0.3 is 0 Å². The van der Waals surface area contributed by atoms with Gasteiger partial charge in [-0.1, -0.05) is 13.0 Å². The third-order valence-electron chi connectivity index (χ3n) is 3.47. The molecule has 0 saturated heterocycles. The first-order valence-corrected chi connectivity index (χ1v) is 9.20. The van der Waals surface area contributed by atoms with E-state index in [2.05, 4.69) is 27.9 Å². The summed E-state index contributed by atoms with van der Waals surface area (Å²) < 4.78 is 25.6. The highest BCUT2D eigenvalue weighted by atomic mass is 127. The predicted molar refractivity (Wildman–Crippen MR) is 105 cm³/mol. The first kappa shape index (κ1) is 19.5. The number of hydrogen-bond donors (Lipinski definition) is 1. The Kier molecular flexibility index (Phi) is 7.04. The molecule has 0 fully saturated rings. The van der Waals surface area contributed by atoms with E-state index in [0.717, 1.165) is 15.6 Å². The maximum Gasteiger partial charge on any atom is 0.255 e. The van der Waals surface area contributed by atoms with Crippen LogP contribution in [-0.4, -0.2) is 19.1 Å². The summed E-state index contributed by atoms with van der Waals surface area (Å²) in [6, 6.07) is 7.68. The lowest BCUT2D eigenvalue weighted by molar-refractivity contribution is 0.102. The fourth-order valence-electron chi connectivity index (χ4n) is 2.23. The van der Waals surface area contributed by atoms with Crippen LogP contribution in [0.15, 0.2) is 30.3 Å². The van der Waals surface area contributed by atoms with Crippen molar-refractivity contribution in [1.29, 1.82) is 0 Å². The number of benzene rings is 2. The van der Waals surface area contributed by atoms with Gasteiger partial charge in [-0.15, -0.1) is 0 Å². The third kappa shape index (κ3) is 5.07. The molecule has 1 amide bonds. The molecule has 0 heterocycles. The molecule has 4 nitrogen and oxygen atoms in total. The molecule has 2 aromatic rings. The predicted octanol–water partition coefficient (Wildman–Crippen LogP) is 5.18. The zero-order valence-corrected chi connectivity index (χ0v) is 16.6. The smallest absolute Gasteiger partial charge is 0.255 e. The lowest BCUT2D eigenvalue weighted by Crippen LogP contribution is -2.14. The van der Waals surface area contributed by atoms with Crippen LogP contribution in [0.25, 0.3) is 0 Å². The van der Waals surface area contributed by atoms with Crippen LogP contribution in [0, 0.1) is 16.3 Å². The van der Waals surface area contributed by atoms with Crippen LogP contribution in [0.1, 0.15) is 36.2 Å². The molecule has 0 aromatic heterocycles. The summed E-state index contributed by atoms with van der Waals surface area (Å²) in [6.45, 7) is 6.75. The topological polar surface area (TPSA) is 47.6 Å². The molecule has 0 unspecified atom stereocenters. The Morgan fingerprint density at radius 2 is 1.96 bits per heavy atom. The standard InChI is InChI=1S/C19H21FINO3/c1-4-8-25-18-15(21)9-13(10-17(18)24-5-2)19(23)22-16-11-14(20)7-6-12(16)3/h6-7,9-11H,4-5,8H2,1-3H3,(H,22,23). The third-order valence-corrected chi connectivity index (χ3v) is 4.27. The van der Waals surface area contributed by atoms with Gasteiger partial charge < -0.3 is 14.8 Å². The van der Waals surface area contributed by atoms with Gasteiger partial charge in [0, 0.05) is 11.3 Å². The van der Waals surface area contributed by atoms with E-state index in [0.29, 0.717) is 36.0 Å². The van der Waals surface area contributed by atoms with Crippen molar-refractivity contribution in [2.24, 2.45) is 0 Å². The summed E-state index contributed by atoms with van der Waals surface area (Å²) in [5.74, 6) is 0.454. The van der Waals surface area contributed by atoms with Gasteiger partial charge in [-0.2, -0.15) is 0 Å². The Balaban J connectivity index is 2.31. The normalized spacial score (nSPS) is 10.4. The summed E-state index contributed by atoms with van der Waals surface area (Å²) in [4.78, 5) is 12.6. The maximum atomic E-state index is 13.4. The molecular formula is C19H21FINO3. The summed E-state index contributed by atoms with van der Waals surface area (Å²) in [7, 11) is 0. The number of amides is 1. The largest absolute Gasteiger partial charge is 0.490 e. The van der Waals surface area contributed by atoms with Gasteiger partial charge in [0.25, 0.3) is 5.91 Å². The molecule has 0 aliphatic heterocycles. The number of hydrogen-bond acceptors (Lipinski definition) is 3. The Morgan fingerprint density at radius 1 is 1.20 bits per heavy atom. The van der Waals surface area contributed by atoms with Gasteiger partial charge in [-0.05, 0) is 72.7 Å².